The summed E-state index contributed by atoms with van der Waals surface area (Å²) in [6.07, 6.45) is 14.7. The number of hydrogen-bond donors (Lipinski definition) is 6. The van der Waals surface area contributed by atoms with Crippen molar-refractivity contribution >= 4 is 112 Å². The second kappa shape index (κ2) is 52.6. The molecule has 5 aliphatic rings. The first-order chi connectivity index (χ1) is 45.9. The van der Waals surface area contributed by atoms with Crippen LogP contribution in [0.15, 0.2) is 0 Å². The van der Waals surface area contributed by atoms with Gasteiger partial charge in [-0.1, -0.05) is 74.1 Å². The van der Waals surface area contributed by atoms with E-state index >= 15 is 0 Å². The van der Waals surface area contributed by atoms with Crippen LogP contribution in [0.25, 0.3) is 0 Å². The molecule has 5 fully saturated rings. The Hall–Kier alpha value is -3.33. The zero-order valence-corrected chi connectivity index (χ0v) is 74.3. The fourth-order valence-corrected chi connectivity index (χ4v) is 13.0. The van der Waals surface area contributed by atoms with Crippen LogP contribution in [-0.2, 0) is 170 Å². The fraction of sp³-hybridized carbons (Fsp3) is 0.750. The van der Waals surface area contributed by atoms with Crippen LogP contribution in [0.5, 0.6) is 0 Å². The van der Waals surface area contributed by atoms with Crippen LogP contribution in [-0.4, -0.2) is 222 Å². The van der Waals surface area contributed by atoms with Crippen molar-refractivity contribution in [1.29, 1.82) is 0 Å². The molecule has 0 aromatic rings. The van der Waals surface area contributed by atoms with E-state index in [0.717, 1.165) is 64.2 Å². The molecule has 30 heteroatoms. The number of rotatable bonds is 26. The summed E-state index contributed by atoms with van der Waals surface area (Å²) in [5, 5.41) is 13.0. The molecule has 5 saturated heterocycles. The van der Waals surface area contributed by atoms with Gasteiger partial charge in [0.05, 0.1) is 58.4 Å². The summed E-state index contributed by atoms with van der Waals surface area (Å²) in [4.78, 5) is 186. The number of amides is 10. The average Bonchev–Trinajstić information content (AvgIpc) is 1.69. The molecule has 10 amide bonds. The van der Waals surface area contributed by atoms with Gasteiger partial charge >= 0.3 is 0 Å². The van der Waals surface area contributed by atoms with Gasteiger partial charge < -0.3 is 84.7 Å². The molecular formula is C72H123N10O15S2Y3-3. The van der Waals surface area contributed by atoms with Crippen molar-refractivity contribution < 1.29 is 170 Å². The summed E-state index contributed by atoms with van der Waals surface area (Å²) in [6.45, 7) is 37.2. The molecule has 17 atom stereocenters. The Bertz CT molecular complexity index is 2610. The van der Waals surface area contributed by atoms with E-state index in [-0.39, 0.29) is 228 Å². The van der Waals surface area contributed by atoms with E-state index < -0.39 is 65.7 Å². The SMILES string of the molecule is C.CCC1CCN(C(=O)C(C)S)C1C(=O)NC(C)C(C)=O.CCC1CCN(C(=O)C(C)SC)C1C(=O)NC(C)C(C)=O.C[CH-]C(=O)N1CCC(CC)C1C(=O)NC(C)C(C)=O.C[CH-]C(=O)N1CCC(CC)C1C(=O)NC(C)C(C)=O.C[CH-]C(=O)N1CCC(CC)C1C(=O)NC(C)C(C)=O.[Y].[Y].[Y]. The predicted molar refractivity (Wildman–Crippen MR) is 389 cm³/mol. The molecule has 0 aliphatic carbocycles. The van der Waals surface area contributed by atoms with Gasteiger partial charge in [-0.3, -0.25) is 57.5 Å². The molecule has 17 unspecified atom stereocenters. The van der Waals surface area contributed by atoms with Crippen LogP contribution in [0, 0.1) is 48.9 Å². The molecule has 102 heavy (non-hydrogen) atoms. The van der Waals surface area contributed by atoms with Crippen LogP contribution in [0.1, 0.15) is 210 Å². The predicted octanol–water partition coefficient (Wildman–Crippen LogP) is 5.91. The van der Waals surface area contributed by atoms with Crippen LogP contribution in [0.3, 0.4) is 0 Å². The Morgan fingerprint density at radius 1 is 0.363 bits per heavy atom. The van der Waals surface area contributed by atoms with E-state index in [4.69, 9.17) is 0 Å². The summed E-state index contributed by atoms with van der Waals surface area (Å²) < 4.78 is 0. The second-order valence-corrected chi connectivity index (χ2v) is 28.2. The summed E-state index contributed by atoms with van der Waals surface area (Å²) >= 11 is 5.65. The van der Waals surface area contributed by atoms with Gasteiger partial charge in [-0.25, -0.2) is 0 Å². The standard InChI is InChI=1S/C15H26N2O3S.C14H24N2O3S.3C14H23N2O3.CH4.3Y/c1-6-12-7-8-17(15(20)11(4)21-5)13(12)14(19)16-9(2)10(3)18;1-5-11-6-7-16(14(19)10(4)20)12(11)13(18)15-8(2)9(3)17;3*1-5-11-7-8-16(12(18)6-2)13(11)14(19)15-9(3)10(4)17;;;;/h9,11-13H,6-8H2,1-5H3,(H,16,19);8,10-12,20H,5-7H2,1-4H3,(H,15,18);3*6,9,11,13H,5,7-8H2,1-4H3,(H,15,19);1H4;;;/q;;3*-1;;;;. The number of ketones is 5. The maximum Gasteiger partial charge on any atom is 0.243 e. The van der Waals surface area contributed by atoms with Gasteiger partial charge in [0.15, 0.2) is 28.9 Å². The molecular weight excluding hydrogens is 1580 g/mol. The number of thiol groups is 1. The molecule has 25 nitrogen and oxygen atoms in total. The molecule has 5 aliphatic heterocycles. The second-order valence-electron chi connectivity index (χ2n) is 26.3. The molecule has 0 bridgehead atoms. The van der Waals surface area contributed by atoms with Crippen LogP contribution in [0.2, 0.25) is 0 Å². The molecule has 3 radical (unpaired) electrons. The van der Waals surface area contributed by atoms with Gasteiger partial charge in [0.1, 0.15) is 30.2 Å². The molecule has 575 valence electrons. The molecule has 0 aromatic carbocycles. The van der Waals surface area contributed by atoms with Crippen LogP contribution >= 0.6 is 24.4 Å². The molecule has 5 heterocycles. The minimum absolute atomic E-state index is 0. The van der Waals surface area contributed by atoms with Gasteiger partial charge in [0.2, 0.25) is 41.4 Å². The minimum Gasteiger partial charge on any atom is -0.355 e. The van der Waals surface area contributed by atoms with Crippen molar-refractivity contribution in [3.63, 3.8) is 0 Å². The number of thioether (sulfide) groups is 1. The number of nitrogens with zero attached hydrogens (tertiary/aromatic N) is 5. The topological polar surface area (TPSA) is 332 Å². The van der Waals surface area contributed by atoms with E-state index in [0.29, 0.717) is 32.7 Å². The van der Waals surface area contributed by atoms with Crippen LogP contribution < -0.4 is 26.6 Å². The Morgan fingerprint density at radius 2 is 0.539 bits per heavy atom. The summed E-state index contributed by atoms with van der Waals surface area (Å²) in [5.41, 5.74) is 0. The Balaban J connectivity index is -0.000000583. The third kappa shape index (κ3) is 31.5. The minimum atomic E-state index is -0.522. The van der Waals surface area contributed by atoms with Crippen molar-refractivity contribution in [2.45, 2.75) is 281 Å². The average molecular weight is 1700 g/mol. The molecule has 0 spiro atoms. The van der Waals surface area contributed by atoms with E-state index in [2.05, 4.69) is 39.2 Å². The van der Waals surface area contributed by atoms with E-state index in [1.54, 1.807) is 86.8 Å². The number of hydrogen-bond acceptors (Lipinski definition) is 17. The zero-order chi connectivity index (χ0) is 75.3. The molecule has 5 N–H and O–H groups in total. The van der Waals surface area contributed by atoms with Gasteiger partial charge in [-0.15, -0.1) is 0 Å². The smallest absolute Gasteiger partial charge is 0.243 e. The maximum atomic E-state index is 12.5. The summed E-state index contributed by atoms with van der Waals surface area (Å²) in [7, 11) is 0. The molecule has 0 saturated carbocycles. The first-order valence-electron chi connectivity index (χ1n) is 35.0. The number of carbonyl (C=O) groups excluding carboxylic acids is 15. The first-order valence-corrected chi connectivity index (χ1v) is 36.8. The van der Waals surface area contributed by atoms with Crippen molar-refractivity contribution in [1.82, 2.24) is 51.1 Å². The summed E-state index contributed by atoms with van der Waals surface area (Å²) in [6, 6.07) is -4.82. The van der Waals surface area contributed by atoms with E-state index in [1.807, 2.05) is 47.8 Å². The van der Waals surface area contributed by atoms with Crippen molar-refractivity contribution in [2.24, 2.45) is 29.6 Å². The Morgan fingerprint density at radius 3 is 0.696 bits per heavy atom. The quantitative estimate of drug-likeness (QED) is 0.0433. The Kier molecular flexibility index (Phi) is 54.2. The third-order valence-electron chi connectivity index (χ3n) is 19.6. The van der Waals surface area contributed by atoms with Gasteiger partial charge in [-0.2, -0.15) is 45.2 Å². The monoisotopic (exact) mass is 1700 g/mol. The summed E-state index contributed by atoms with van der Waals surface area (Å²) in [5.74, 6) is -1.18. The normalized spacial score (nSPS) is 23.3. The Labute approximate surface area is 695 Å². The largest absolute Gasteiger partial charge is 0.355 e. The van der Waals surface area contributed by atoms with Gasteiger partial charge in [-0.05, 0) is 151 Å². The van der Waals surface area contributed by atoms with Crippen molar-refractivity contribution in [3.05, 3.63) is 19.3 Å². The van der Waals surface area contributed by atoms with E-state index in [1.165, 1.54) is 65.6 Å². The molecule has 0 aromatic heterocycles. The maximum absolute atomic E-state index is 12.5. The van der Waals surface area contributed by atoms with Gasteiger partial charge in [0.25, 0.3) is 0 Å². The molecule has 5 rings (SSSR count). The van der Waals surface area contributed by atoms with Crippen LogP contribution in [0.4, 0.5) is 0 Å². The van der Waals surface area contributed by atoms with Gasteiger partial charge in [0, 0.05) is 131 Å². The third-order valence-corrected chi connectivity index (χ3v) is 20.8. The fourth-order valence-electron chi connectivity index (χ4n) is 12.5. The number of carbonyl (C=O) groups is 15. The van der Waals surface area contributed by atoms with Crippen molar-refractivity contribution in [2.75, 3.05) is 39.0 Å². The zero-order valence-electron chi connectivity index (χ0n) is 64.1. The van der Waals surface area contributed by atoms with Crippen molar-refractivity contribution in [3.8, 4) is 0 Å². The number of nitrogens with one attached hydrogen (secondary N) is 5. The first kappa shape index (κ1) is 105. The number of likely N-dealkylation sites (tertiary alicyclic amines) is 5. The van der Waals surface area contributed by atoms with E-state index in [9.17, 15) is 71.9 Å². The number of Topliss-reactive ketones (excluding diaryl/α,β-unsaturated/α-hetero) is 5.